The molecule has 4 aromatic carbocycles. The minimum absolute atomic E-state index is 0.125. The van der Waals surface area contributed by atoms with Gasteiger partial charge in [-0.05, 0) is 85.6 Å². The lowest BCUT2D eigenvalue weighted by Crippen LogP contribution is -2.25. The summed E-state index contributed by atoms with van der Waals surface area (Å²) in [4.78, 5) is 25.4. The molecule has 0 aliphatic rings. The van der Waals surface area contributed by atoms with Gasteiger partial charge in [0.1, 0.15) is 53.5 Å². The van der Waals surface area contributed by atoms with Crippen molar-refractivity contribution in [1.82, 2.24) is 0 Å². The standard InChI is InChI=1S/C37H26F6O9/c1-19-3-7-26(32(11-19)51-36(38,39)40)28-15-21-13-24(5-9-30(21)49-34(28)45)47-17-23(44)18-48-25-6-10-31-22(14-25)16-29(35(46)50-31)27-8-4-20(2)12-33(27)52-37(41,42)43/h3-16,23,44H,17-18H2,1-2H3. The van der Waals surface area contributed by atoms with Crippen molar-refractivity contribution >= 4 is 21.9 Å². The van der Waals surface area contributed by atoms with Gasteiger partial charge in [0, 0.05) is 21.9 Å². The number of alkyl halides is 6. The highest BCUT2D eigenvalue weighted by Gasteiger charge is 2.34. The molecular formula is C37H26F6O9. The molecule has 0 amide bonds. The van der Waals surface area contributed by atoms with E-state index in [0.717, 1.165) is 12.1 Å². The zero-order valence-electron chi connectivity index (χ0n) is 27.1. The third-order valence-electron chi connectivity index (χ3n) is 7.60. The average Bonchev–Trinajstić information content (AvgIpc) is 3.05. The predicted molar refractivity (Wildman–Crippen MR) is 176 cm³/mol. The van der Waals surface area contributed by atoms with Crippen LogP contribution in [0.15, 0.2) is 103 Å². The number of aryl methyl sites for hydroxylation is 2. The number of fused-ring (bicyclic) bond motifs is 2. The minimum Gasteiger partial charge on any atom is -0.491 e. The van der Waals surface area contributed by atoms with Crippen LogP contribution < -0.4 is 30.2 Å². The van der Waals surface area contributed by atoms with Crippen molar-refractivity contribution in [2.75, 3.05) is 13.2 Å². The molecule has 0 saturated heterocycles. The molecule has 52 heavy (non-hydrogen) atoms. The molecule has 0 spiro atoms. The van der Waals surface area contributed by atoms with Crippen molar-refractivity contribution in [2.24, 2.45) is 0 Å². The summed E-state index contributed by atoms with van der Waals surface area (Å²) >= 11 is 0. The van der Waals surface area contributed by atoms with E-state index in [1.807, 2.05) is 0 Å². The first-order valence-electron chi connectivity index (χ1n) is 15.3. The van der Waals surface area contributed by atoms with Gasteiger partial charge in [-0.25, -0.2) is 9.59 Å². The van der Waals surface area contributed by atoms with Crippen LogP contribution in [0.3, 0.4) is 0 Å². The number of hydrogen-bond acceptors (Lipinski definition) is 9. The summed E-state index contributed by atoms with van der Waals surface area (Å²) in [5.74, 6) is -0.662. The van der Waals surface area contributed by atoms with Gasteiger partial charge in [0.25, 0.3) is 0 Å². The zero-order chi connectivity index (χ0) is 37.4. The lowest BCUT2D eigenvalue weighted by Gasteiger charge is -2.15. The van der Waals surface area contributed by atoms with Gasteiger partial charge in [-0.15, -0.1) is 26.3 Å². The Morgan fingerprint density at radius 1 is 0.577 bits per heavy atom. The van der Waals surface area contributed by atoms with Crippen LogP contribution in [0.4, 0.5) is 26.3 Å². The minimum atomic E-state index is -5.00. The molecule has 9 nitrogen and oxygen atoms in total. The highest BCUT2D eigenvalue weighted by Crippen LogP contribution is 2.36. The third kappa shape index (κ3) is 8.49. The molecule has 0 aliphatic carbocycles. The lowest BCUT2D eigenvalue weighted by molar-refractivity contribution is -0.275. The zero-order valence-corrected chi connectivity index (χ0v) is 27.1. The maximum atomic E-state index is 13.1. The topological polar surface area (TPSA) is 118 Å². The fraction of sp³-hybridized carbons (Fsp3) is 0.189. The van der Waals surface area contributed by atoms with Crippen LogP contribution in [0, 0.1) is 13.8 Å². The van der Waals surface area contributed by atoms with Crippen molar-refractivity contribution < 1.29 is 59.2 Å². The van der Waals surface area contributed by atoms with Crippen LogP contribution in [0.25, 0.3) is 44.2 Å². The summed E-state index contributed by atoms with van der Waals surface area (Å²) in [6.07, 6.45) is -11.2. The van der Waals surface area contributed by atoms with Crippen molar-refractivity contribution in [3.63, 3.8) is 0 Å². The third-order valence-corrected chi connectivity index (χ3v) is 7.60. The van der Waals surface area contributed by atoms with Crippen LogP contribution >= 0.6 is 0 Å². The van der Waals surface area contributed by atoms with Crippen LogP contribution in [0.1, 0.15) is 11.1 Å². The number of halogens is 6. The van der Waals surface area contributed by atoms with E-state index in [0.29, 0.717) is 21.9 Å². The summed E-state index contributed by atoms with van der Waals surface area (Å²) in [7, 11) is 0. The summed E-state index contributed by atoms with van der Waals surface area (Å²) in [5.41, 5.74) is -1.14. The van der Waals surface area contributed by atoms with Crippen LogP contribution in [-0.2, 0) is 0 Å². The van der Waals surface area contributed by atoms with E-state index in [2.05, 4.69) is 9.47 Å². The van der Waals surface area contributed by atoms with Gasteiger partial charge in [-0.1, -0.05) is 24.3 Å². The van der Waals surface area contributed by atoms with E-state index < -0.39 is 41.6 Å². The number of aliphatic hydroxyl groups is 1. The number of aliphatic hydroxyl groups excluding tert-OH is 1. The molecule has 1 N–H and O–H groups in total. The molecule has 15 heteroatoms. The lowest BCUT2D eigenvalue weighted by atomic mass is 10.0. The second kappa shape index (κ2) is 14.0. The summed E-state index contributed by atoms with van der Waals surface area (Å²) in [5, 5.41) is 11.2. The van der Waals surface area contributed by atoms with E-state index >= 15 is 0 Å². The predicted octanol–water partition coefficient (Wildman–Crippen LogP) is 8.47. The van der Waals surface area contributed by atoms with Crippen LogP contribution in [0.2, 0.25) is 0 Å². The number of benzene rings is 4. The molecule has 2 heterocycles. The molecule has 0 bridgehead atoms. The van der Waals surface area contributed by atoms with Crippen molar-refractivity contribution in [2.45, 2.75) is 32.7 Å². The summed E-state index contributed by atoms with van der Waals surface area (Å²) < 4.78 is 109. The molecular weight excluding hydrogens is 702 g/mol. The normalized spacial score (nSPS) is 12.0. The van der Waals surface area contributed by atoms with E-state index in [1.54, 1.807) is 13.8 Å². The Labute approximate surface area is 289 Å². The fourth-order valence-corrected chi connectivity index (χ4v) is 5.31. The monoisotopic (exact) mass is 728 g/mol. The largest absolute Gasteiger partial charge is 0.573 e. The first kappa shape index (κ1) is 35.9. The van der Waals surface area contributed by atoms with Gasteiger partial charge in [0.2, 0.25) is 0 Å². The summed E-state index contributed by atoms with van der Waals surface area (Å²) in [6.45, 7) is 2.61. The van der Waals surface area contributed by atoms with Gasteiger partial charge in [0.15, 0.2) is 0 Å². The molecule has 6 rings (SSSR count). The molecule has 0 aliphatic heterocycles. The molecule has 0 unspecified atom stereocenters. The van der Waals surface area contributed by atoms with Crippen molar-refractivity contribution in [1.29, 1.82) is 0 Å². The molecule has 270 valence electrons. The Morgan fingerprint density at radius 3 is 1.37 bits per heavy atom. The van der Waals surface area contributed by atoms with Crippen LogP contribution in [-0.4, -0.2) is 37.1 Å². The molecule has 6 aromatic rings. The SMILES string of the molecule is Cc1ccc(-c2cc3cc(OCC(O)COc4ccc5oc(=O)c(-c6ccc(C)cc6OC(F)(F)F)cc5c4)ccc3oc2=O)c(OC(F)(F)F)c1. The Hall–Kier alpha value is -5.96. The van der Waals surface area contributed by atoms with E-state index in [1.165, 1.54) is 72.8 Å². The van der Waals surface area contributed by atoms with Gasteiger partial charge >= 0.3 is 24.0 Å². The van der Waals surface area contributed by atoms with Gasteiger partial charge < -0.3 is 32.9 Å². The molecule has 0 fully saturated rings. The first-order valence-corrected chi connectivity index (χ1v) is 15.3. The van der Waals surface area contributed by atoms with Gasteiger partial charge in [-0.3, -0.25) is 0 Å². The second-order valence-corrected chi connectivity index (χ2v) is 11.7. The molecule has 0 atom stereocenters. The average molecular weight is 729 g/mol. The molecule has 0 saturated carbocycles. The molecule has 2 aromatic heterocycles. The number of ether oxygens (including phenoxy) is 4. The van der Waals surface area contributed by atoms with Crippen LogP contribution in [0.5, 0.6) is 23.0 Å². The smallest absolute Gasteiger partial charge is 0.491 e. The highest BCUT2D eigenvalue weighted by molar-refractivity contribution is 5.85. The number of rotatable bonds is 10. The first-order chi connectivity index (χ1) is 24.5. The van der Waals surface area contributed by atoms with E-state index in [-0.39, 0.29) is 58.1 Å². The van der Waals surface area contributed by atoms with Crippen molar-refractivity contribution in [3.8, 4) is 45.3 Å². The van der Waals surface area contributed by atoms with Gasteiger partial charge in [-0.2, -0.15) is 0 Å². The Balaban J connectivity index is 1.15. The Morgan fingerprint density at radius 2 is 0.981 bits per heavy atom. The van der Waals surface area contributed by atoms with Gasteiger partial charge in [0.05, 0.1) is 11.1 Å². The Kier molecular flexibility index (Phi) is 9.64. The van der Waals surface area contributed by atoms with E-state index in [9.17, 15) is 41.0 Å². The summed E-state index contributed by atoms with van der Waals surface area (Å²) in [6, 6.07) is 19.4. The molecule has 0 radical (unpaired) electrons. The second-order valence-electron chi connectivity index (χ2n) is 11.7. The van der Waals surface area contributed by atoms with Crippen molar-refractivity contribution in [3.05, 3.63) is 117 Å². The maximum Gasteiger partial charge on any atom is 0.573 e. The quantitative estimate of drug-likeness (QED) is 0.110. The maximum absolute atomic E-state index is 13.1. The fourth-order valence-electron chi connectivity index (χ4n) is 5.31. The van der Waals surface area contributed by atoms with E-state index in [4.69, 9.17) is 18.3 Å². The highest BCUT2D eigenvalue weighted by atomic mass is 19.4. The number of hydrogen-bond donors (Lipinski definition) is 1. The Bertz CT molecular complexity index is 2230.